The highest BCUT2D eigenvalue weighted by Crippen LogP contribution is 2.66. The Kier molecular flexibility index (Phi) is 5.59. The minimum atomic E-state index is -5.48. The highest BCUT2D eigenvalue weighted by Gasteiger charge is 2.47. The van der Waals surface area contributed by atoms with E-state index in [1.165, 1.54) is 6.33 Å². The summed E-state index contributed by atoms with van der Waals surface area (Å²) in [6.07, 6.45) is 1.67. The number of anilines is 1. The van der Waals surface area contributed by atoms with Crippen molar-refractivity contribution in [1.82, 2.24) is 14.6 Å². The van der Waals surface area contributed by atoms with Crippen LogP contribution >= 0.6 is 23.2 Å². The van der Waals surface area contributed by atoms with Crippen molar-refractivity contribution in [3.05, 3.63) is 24.2 Å². The van der Waals surface area contributed by atoms with Crippen LogP contribution in [0.3, 0.4) is 0 Å². The lowest BCUT2D eigenvalue weighted by molar-refractivity contribution is 0.0531. The van der Waals surface area contributed by atoms with Crippen LogP contribution in [0, 0.1) is 0 Å². The molecule has 0 aromatic carbocycles. The number of hydrogen-bond acceptors (Lipinski definition) is 9. The van der Waals surface area contributed by atoms with E-state index in [9.17, 15) is 23.5 Å². The van der Waals surface area contributed by atoms with Gasteiger partial charge in [-0.15, -0.1) is 0 Å². The molecule has 2 heterocycles. The minimum Gasteiger partial charge on any atom is -0.382 e. The van der Waals surface area contributed by atoms with Crippen LogP contribution in [0.1, 0.15) is 18.5 Å². The first-order valence-corrected chi connectivity index (χ1v) is 12.4. The molecule has 1 saturated carbocycles. The van der Waals surface area contributed by atoms with Crippen molar-refractivity contribution in [3.8, 4) is 0 Å². The SMILES string of the molecule is Nc1ncnn2c(CC3(OCP(=O)(O)OP(=O)(O)OP(=O)(O)O)CC3)ccc12. The molecule has 156 valence electrons. The van der Waals surface area contributed by atoms with Gasteiger partial charge in [-0.1, -0.05) is 0 Å². The van der Waals surface area contributed by atoms with E-state index in [0.717, 1.165) is 0 Å². The molecule has 2 unspecified atom stereocenters. The van der Waals surface area contributed by atoms with Gasteiger partial charge in [-0.2, -0.15) is 9.41 Å². The van der Waals surface area contributed by atoms with Gasteiger partial charge in [0, 0.05) is 12.1 Å². The van der Waals surface area contributed by atoms with Crippen LogP contribution in [0.15, 0.2) is 18.5 Å². The van der Waals surface area contributed by atoms with Crippen LogP contribution < -0.4 is 5.73 Å². The predicted molar refractivity (Wildman–Crippen MR) is 92.9 cm³/mol. The largest absolute Gasteiger partial charge is 0.488 e. The third-order valence-corrected chi connectivity index (χ3v) is 7.82. The molecule has 0 radical (unpaired) electrons. The summed E-state index contributed by atoms with van der Waals surface area (Å²) < 4.78 is 48.4. The molecule has 3 rings (SSSR count). The fraction of sp³-hybridized carbons (Fsp3) is 0.455. The molecule has 1 aliphatic rings. The van der Waals surface area contributed by atoms with E-state index in [2.05, 4.69) is 18.7 Å². The Morgan fingerprint density at radius 2 is 1.82 bits per heavy atom. The highest BCUT2D eigenvalue weighted by molar-refractivity contribution is 7.68. The van der Waals surface area contributed by atoms with Gasteiger partial charge in [0.25, 0.3) is 0 Å². The smallest absolute Gasteiger partial charge is 0.382 e. The minimum absolute atomic E-state index is 0.282. The Morgan fingerprint density at radius 1 is 1.14 bits per heavy atom. The fourth-order valence-corrected chi connectivity index (χ4v) is 5.91. The lowest BCUT2D eigenvalue weighted by Gasteiger charge is -2.20. The maximum absolute atomic E-state index is 12.0. The zero-order valence-electron chi connectivity index (χ0n) is 14.1. The van der Waals surface area contributed by atoms with Crippen molar-refractivity contribution in [1.29, 1.82) is 0 Å². The molecule has 28 heavy (non-hydrogen) atoms. The summed E-state index contributed by atoms with van der Waals surface area (Å²) in [4.78, 5) is 39.8. The molecule has 17 heteroatoms. The molecule has 0 saturated heterocycles. The molecule has 2 atom stereocenters. The van der Waals surface area contributed by atoms with Gasteiger partial charge in [0.05, 0.1) is 5.60 Å². The number of nitrogens with two attached hydrogens (primary N) is 1. The Morgan fingerprint density at radius 3 is 2.43 bits per heavy atom. The Hall–Kier alpha value is -1.17. The van der Waals surface area contributed by atoms with E-state index in [1.807, 2.05) is 0 Å². The summed E-state index contributed by atoms with van der Waals surface area (Å²) in [6, 6.07) is 3.46. The van der Waals surface area contributed by atoms with Crippen LogP contribution in [-0.2, 0) is 33.5 Å². The quantitative estimate of drug-likeness (QED) is 0.329. The summed E-state index contributed by atoms with van der Waals surface area (Å²) in [6.45, 7) is 0. The summed E-state index contributed by atoms with van der Waals surface area (Å²) in [5.74, 6) is 0.282. The topological polar surface area (TPSA) is 216 Å². The van der Waals surface area contributed by atoms with E-state index in [0.29, 0.717) is 30.5 Å². The van der Waals surface area contributed by atoms with Gasteiger partial charge in [0.2, 0.25) is 0 Å². The molecule has 14 nitrogen and oxygen atoms in total. The number of ether oxygens (including phenoxy) is 1. The molecule has 0 amide bonds. The van der Waals surface area contributed by atoms with Crippen molar-refractivity contribution in [2.45, 2.75) is 24.9 Å². The average Bonchev–Trinajstić information content (AvgIpc) is 3.15. The van der Waals surface area contributed by atoms with E-state index in [4.69, 9.17) is 20.3 Å². The fourth-order valence-electron chi connectivity index (χ4n) is 2.54. The number of rotatable bonds is 9. The first kappa shape index (κ1) is 21.5. The van der Waals surface area contributed by atoms with Crippen LogP contribution in [0.5, 0.6) is 0 Å². The van der Waals surface area contributed by atoms with Gasteiger partial charge in [0.15, 0.2) is 5.82 Å². The zero-order valence-corrected chi connectivity index (χ0v) is 16.7. The third-order valence-electron chi connectivity index (χ3n) is 3.85. The van der Waals surface area contributed by atoms with Gasteiger partial charge in [-0.3, -0.25) is 4.57 Å². The van der Waals surface area contributed by atoms with Crippen molar-refractivity contribution < 1.29 is 46.6 Å². The number of nitrogen functional groups attached to an aromatic ring is 1. The Labute approximate surface area is 157 Å². The standard InChI is InChI=1S/C11H17N4O10P3/c12-10-9-2-1-8(15(9)14-6-13-10)5-11(3-4-11)23-7-26(16,17)24-28(21,22)25-27(18,19)20/h1-2,6H,3-5,7H2,(H,16,17)(H,21,22)(H2,12,13,14)(H2,18,19,20). The second-order valence-corrected chi connectivity index (χ2v) is 10.9. The zero-order chi connectivity index (χ0) is 20.8. The Bertz CT molecular complexity index is 1030. The summed E-state index contributed by atoms with van der Waals surface area (Å²) in [5.41, 5.74) is 6.23. The van der Waals surface area contributed by atoms with Crippen molar-refractivity contribution in [3.63, 3.8) is 0 Å². The van der Waals surface area contributed by atoms with Crippen LogP contribution in [0.4, 0.5) is 5.82 Å². The summed E-state index contributed by atoms with van der Waals surface area (Å²) >= 11 is 0. The van der Waals surface area contributed by atoms with Crippen LogP contribution in [-0.4, -0.2) is 46.1 Å². The molecule has 1 aliphatic carbocycles. The molecule has 6 N–H and O–H groups in total. The first-order valence-electron chi connectivity index (χ1n) is 7.64. The molecule has 1 fully saturated rings. The Balaban J connectivity index is 1.65. The molecule has 0 aliphatic heterocycles. The number of nitrogens with zero attached hydrogens (tertiary/aromatic N) is 3. The molecule has 2 aromatic heterocycles. The number of hydrogen-bond donors (Lipinski definition) is 5. The lowest BCUT2D eigenvalue weighted by atomic mass is 10.2. The summed E-state index contributed by atoms with van der Waals surface area (Å²) in [7, 11) is -15.8. The van der Waals surface area contributed by atoms with Gasteiger partial charge < -0.3 is 30.0 Å². The van der Waals surface area contributed by atoms with Gasteiger partial charge in [-0.25, -0.2) is 22.9 Å². The maximum atomic E-state index is 12.0. The molecule has 2 aromatic rings. The third kappa shape index (κ3) is 5.46. The van der Waals surface area contributed by atoms with Gasteiger partial charge in [0.1, 0.15) is 18.2 Å². The van der Waals surface area contributed by atoms with E-state index in [-0.39, 0.29) is 5.82 Å². The van der Waals surface area contributed by atoms with E-state index < -0.39 is 35.2 Å². The highest BCUT2D eigenvalue weighted by atomic mass is 31.3. The monoisotopic (exact) mass is 458 g/mol. The van der Waals surface area contributed by atoms with Crippen LogP contribution in [0.2, 0.25) is 0 Å². The van der Waals surface area contributed by atoms with Gasteiger partial charge in [-0.05, 0) is 25.0 Å². The molecule has 0 spiro atoms. The van der Waals surface area contributed by atoms with Crippen molar-refractivity contribution >= 4 is 34.6 Å². The van der Waals surface area contributed by atoms with Gasteiger partial charge >= 0.3 is 23.2 Å². The lowest BCUT2D eigenvalue weighted by Crippen LogP contribution is -2.20. The van der Waals surface area contributed by atoms with Crippen LogP contribution in [0.25, 0.3) is 5.52 Å². The van der Waals surface area contributed by atoms with E-state index >= 15 is 0 Å². The predicted octanol–water partition coefficient (Wildman–Crippen LogP) is 0.772. The second-order valence-electron chi connectivity index (χ2n) is 6.16. The maximum Gasteiger partial charge on any atom is 0.488 e. The van der Waals surface area contributed by atoms with Crippen molar-refractivity contribution in [2.24, 2.45) is 0 Å². The van der Waals surface area contributed by atoms with Crippen molar-refractivity contribution in [2.75, 3.05) is 12.1 Å². The molecule has 0 bridgehead atoms. The summed E-state index contributed by atoms with van der Waals surface area (Å²) in [5, 5.41) is 4.09. The normalized spacial score (nSPS) is 20.6. The molecular weight excluding hydrogens is 441 g/mol. The van der Waals surface area contributed by atoms with E-state index in [1.54, 1.807) is 16.6 Å². The average molecular weight is 458 g/mol. The number of fused-ring (bicyclic) bond motifs is 1. The number of aromatic nitrogens is 3. The number of phosphoric acid groups is 2. The second kappa shape index (κ2) is 7.26. The molecular formula is C11H17N4O10P3. The first-order chi connectivity index (χ1) is 12.8.